The van der Waals surface area contributed by atoms with Gasteiger partial charge in [0, 0.05) is 24.0 Å². The van der Waals surface area contributed by atoms with Crippen molar-refractivity contribution in [2.75, 3.05) is 18.9 Å². The summed E-state index contributed by atoms with van der Waals surface area (Å²) in [5.41, 5.74) is 1.51. The van der Waals surface area contributed by atoms with Gasteiger partial charge in [-0.15, -0.1) is 0 Å². The summed E-state index contributed by atoms with van der Waals surface area (Å²) in [6.07, 6.45) is 3.16. The Balaban J connectivity index is 1.72. The summed E-state index contributed by atoms with van der Waals surface area (Å²) < 4.78 is 42.7. The highest BCUT2D eigenvalue weighted by Crippen LogP contribution is 2.30. The van der Waals surface area contributed by atoms with E-state index in [-0.39, 0.29) is 28.1 Å². The van der Waals surface area contributed by atoms with Gasteiger partial charge >= 0.3 is 0 Å². The van der Waals surface area contributed by atoms with Crippen molar-refractivity contribution in [1.29, 1.82) is 0 Å². The average molecular weight is 457 g/mol. The minimum absolute atomic E-state index is 0.00104. The van der Waals surface area contributed by atoms with Crippen molar-refractivity contribution in [3.05, 3.63) is 72.2 Å². The van der Waals surface area contributed by atoms with Crippen LogP contribution in [0.5, 0.6) is 0 Å². The third-order valence-electron chi connectivity index (χ3n) is 5.41. The predicted octanol–water partition coefficient (Wildman–Crippen LogP) is 2.94. The van der Waals surface area contributed by atoms with E-state index < -0.39 is 15.8 Å². The van der Waals surface area contributed by atoms with Crippen LogP contribution in [0.1, 0.15) is 18.4 Å². The van der Waals surface area contributed by atoms with Crippen LogP contribution in [0.2, 0.25) is 0 Å². The van der Waals surface area contributed by atoms with Crippen molar-refractivity contribution < 1.29 is 17.6 Å². The first-order valence-electron chi connectivity index (χ1n) is 10.4. The predicted molar refractivity (Wildman–Crippen MR) is 121 cm³/mol. The van der Waals surface area contributed by atoms with E-state index in [0.29, 0.717) is 17.8 Å². The Morgan fingerprint density at radius 3 is 2.72 bits per heavy atom. The fourth-order valence-corrected chi connectivity index (χ4v) is 5.29. The molecule has 0 spiro atoms. The Morgan fingerprint density at radius 1 is 1.19 bits per heavy atom. The first-order valence-corrected chi connectivity index (χ1v) is 11.8. The highest BCUT2D eigenvalue weighted by molar-refractivity contribution is 7.90. The summed E-state index contributed by atoms with van der Waals surface area (Å²) in [5.74, 6) is -0.704. The minimum Gasteiger partial charge on any atom is -0.325 e. The molecule has 2 aromatic carbocycles. The van der Waals surface area contributed by atoms with E-state index in [1.807, 2.05) is 0 Å². The molecule has 1 saturated heterocycles. The second kappa shape index (κ2) is 9.23. The largest absolute Gasteiger partial charge is 0.325 e. The van der Waals surface area contributed by atoms with Gasteiger partial charge in [0.2, 0.25) is 5.91 Å². The number of rotatable bonds is 7. The van der Waals surface area contributed by atoms with Crippen molar-refractivity contribution in [2.24, 2.45) is 0 Å². The molecule has 9 heteroatoms. The van der Waals surface area contributed by atoms with Crippen molar-refractivity contribution >= 4 is 21.6 Å². The van der Waals surface area contributed by atoms with Gasteiger partial charge in [0.1, 0.15) is 5.82 Å². The number of benzene rings is 2. The number of hydrogen-bond donors (Lipinski definition) is 3. The zero-order chi connectivity index (χ0) is 22.7. The molecule has 4 rings (SSSR count). The van der Waals surface area contributed by atoms with Crippen LogP contribution in [0.4, 0.5) is 10.1 Å². The smallest absolute Gasteiger partial charge is 0.268 e. The highest BCUT2D eigenvalue weighted by Gasteiger charge is 2.25. The summed E-state index contributed by atoms with van der Waals surface area (Å²) in [7, 11) is -2.30. The molecule has 1 fully saturated rings. The van der Waals surface area contributed by atoms with Crippen molar-refractivity contribution in [3.63, 3.8) is 0 Å². The van der Waals surface area contributed by atoms with Gasteiger partial charge < -0.3 is 16.0 Å². The van der Waals surface area contributed by atoms with Crippen LogP contribution in [0.15, 0.2) is 65.7 Å². The monoisotopic (exact) mass is 456 g/mol. The lowest BCUT2D eigenvalue weighted by Crippen LogP contribution is -2.35. The van der Waals surface area contributed by atoms with Gasteiger partial charge in [0.25, 0.3) is 10.0 Å². The van der Waals surface area contributed by atoms with Crippen LogP contribution in [0.25, 0.3) is 11.3 Å². The number of nitrogens with one attached hydrogen (secondary N) is 3. The molecule has 32 heavy (non-hydrogen) atoms. The standard InChI is InChI=1S/C23H25FN4O3S/c1-25-14-16-12-22(19-8-2-3-9-20(19)24)28(15-16)32(30,31)18-7-4-6-17(13-18)27-23(29)21-10-5-11-26-21/h2-4,6-9,12-13,15,21,25-26H,5,10-11,14H2,1H3,(H,27,29). The van der Waals surface area contributed by atoms with Gasteiger partial charge in [-0.25, -0.2) is 16.8 Å². The second-order valence-electron chi connectivity index (χ2n) is 7.71. The van der Waals surface area contributed by atoms with Gasteiger partial charge in [-0.1, -0.05) is 18.2 Å². The number of anilines is 1. The summed E-state index contributed by atoms with van der Waals surface area (Å²) in [5, 5.41) is 8.88. The molecule has 1 unspecified atom stereocenters. The number of halogens is 1. The molecule has 0 saturated carbocycles. The van der Waals surface area contributed by atoms with Crippen LogP contribution in [0, 0.1) is 5.82 Å². The van der Waals surface area contributed by atoms with Gasteiger partial charge in [-0.2, -0.15) is 0 Å². The molecule has 3 aromatic rings. The number of nitrogens with zero attached hydrogens (tertiary/aromatic N) is 1. The first kappa shape index (κ1) is 22.2. The Kier molecular flexibility index (Phi) is 6.40. The highest BCUT2D eigenvalue weighted by atomic mass is 32.2. The summed E-state index contributed by atoms with van der Waals surface area (Å²) in [4.78, 5) is 12.4. The average Bonchev–Trinajstić information content (AvgIpc) is 3.45. The molecular formula is C23H25FN4O3S. The third kappa shape index (κ3) is 4.45. The first-order chi connectivity index (χ1) is 15.4. The molecule has 0 radical (unpaired) electrons. The van der Waals surface area contributed by atoms with Gasteiger partial charge in [0.05, 0.1) is 16.6 Å². The van der Waals surface area contributed by atoms with E-state index in [1.165, 1.54) is 24.4 Å². The lowest BCUT2D eigenvalue weighted by molar-refractivity contribution is -0.117. The van der Waals surface area contributed by atoms with E-state index in [4.69, 9.17) is 0 Å². The molecule has 0 bridgehead atoms. The van der Waals surface area contributed by atoms with Crippen molar-refractivity contribution in [2.45, 2.75) is 30.3 Å². The minimum atomic E-state index is -4.05. The summed E-state index contributed by atoms with van der Waals surface area (Å²) in [6, 6.07) is 13.5. The molecule has 1 aromatic heterocycles. The quantitative estimate of drug-likeness (QED) is 0.509. The fourth-order valence-electron chi connectivity index (χ4n) is 3.85. The number of amides is 1. The van der Waals surface area contributed by atoms with E-state index in [1.54, 1.807) is 43.4 Å². The van der Waals surface area contributed by atoms with Crippen molar-refractivity contribution in [1.82, 2.24) is 14.6 Å². The zero-order valence-corrected chi connectivity index (χ0v) is 18.5. The molecule has 1 amide bonds. The van der Waals surface area contributed by atoms with E-state index in [2.05, 4.69) is 16.0 Å². The zero-order valence-electron chi connectivity index (χ0n) is 17.6. The molecule has 1 atom stereocenters. The maximum absolute atomic E-state index is 14.5. The Labute approximate surface area is 186 Å². The Hall–Kier alpha value is -3.01. The second-order valence-corrected chi connectivity index (χ2v) is 9.53. The lowest BCUT2D eigenvalue weighted by Gasteiger charge is -2.14. The topological polar surface area (TPSA) is 92.2 Å². The van der Waals surface area contributed by atoms with Crippen LogP contribution >= 0.6 is 0 Å². The molecule has 3 N–H and O–H groups in total. The summed E-state index contributed by atoms with van der Waals surface area (Å²) >= 11 is 0. The number of carbonyl (C=O) groups excluding carboxylic acids is 1. The molecule has 1 aliphatic rings. The van der Waals surface area contributed by atoms with Crippen LogP contribution in [-0.2, 0) is 21.4 Å². The van der Waals surface area contributed by atoms with Gasteiger partial charge in [0.15, 0.2) is 0 Å². The molecule has 168 valence electrons. The van der Waals surface area contributed by atoms with E-state index in [0.717, 1.165) is 23.4 Å². The van der Waals surface area contributed by atoms with Crippen LogP contribution in [0.3, 0.4) is 0 Å². The Bertz CT molecular complexity index is 1230. The fraction of sp³-hybridized carbons (Fsp3) is 0.261. The SMILES string of the molecule is CNCc1cc(-c2ccccc2F)n(S(=O)(=O)c2cccc(NC(=O)C3CCCN3)c2)c1. The molecular weight excluding hydrogens is 431 g/mol. The summed E-state index contributed by atoms with van der Waals surface area (Å²) in [6.45, 7) is 1.21. The number of carbonyl (C=O) groups is 1. The molecule has 7 nitrogen and oxygen atoms in total. The number of hydrogen-bond acceptors (Lipinski definition) is 5. The van der Waals surface area contributed by atoms with Gasteiger partial charge in [-0.3, -0.25) is 4.79 Å². The maximum atomic E-state index is 14.5. The van der Waals surface area contributed by atoms with Gasteiger partial charge in [-0.05, 0) is 68.4 Å². The van der Waals surface area contributed by atoms with Crippen molar-refractivity contribution in [3.8, 4) is 11.3 Å². The lowest BCUT2D eigenvalue weighted by atomic mass is 10.1. The van der Waals surface area contributed by atoms with E-state index in [9.17, 15) is 17.6 Å². The van der Waals surface area contributed by atoms with E-state index >= 15 is 0 Å². The normalized spacial score (nSPS) is 16.2. The molecule has 0 aliphatic carbocycles. The maximum Gasteiger partial charge on any atom is 0.268 e. The number of aromatic nitrogens is 1. The third-order valence-corrected chi connectivity index (χ3v) is 7.08. The van der Waals surface area contributed by atoms with Crippen LogP contribution < -0.4 is 16.0 Å². The Morgan fingerprint density at radius 2 is 2.00 bits per heavy atom. The molecule has 2 heterocycles. The van der Waals surface area contributed by atoms with Crippen LogP contribution in [-0.4, -0.2) is 37.9 Å². The molecule has 1 aliphatic heterocycles.